The fourth-order valence-electron chi connectivity index (χ4n) is 5.29. The predicted octanol–water partition coefficient (Wildman–Crippen LogP) is 4.59. The van der Waals surface area contributed by atoms with E-state index in [2.05, 4.69) is 15.6 Å². The molecule has 0 aliphatic heterocycles. The first-order valence-electron chi connectivity index (χ1n) is 13.2. The van der Waals surface area contributed by atoms with E-state index < -0.39 is 6.04 Å². The lowest BCUT2D eigenvalue weighted by molar-refractivity contribution is -0.127. The number of ether oxygens (including phenoxy) is 2. The summed E-state index contributed by atoms with van der Waals surface area (Å²) < 4.78 is 12.6. The van der Waals surface area contributed by atoms with Crippen molar-refractivity contribution >= 4 is 28.5 Å². The summed E-state index contributed by atoms with van der Waals surface area (Å²) in [5, 5.41) is 11.7. The number of aromatic nitrogens is 3. The Morgan fingerprint density at radius 2 is 1.72 bits per heavy atom. The van der Waals surface area contributed by atoms with Crippen molar-refractivity contribution in [1.82, 2.24) is 20.3 Å². The summed E-state index contributed by atoms with van der Waals surface area (Å²) in [5.41, 5.74) is 3.60. The molecule has 1 aliphatic carbocycles. The van der Waals surface area contributed by atoms with E-state index in [9.17, 15) is 9.59 Å². The number of carbonyl (C=O) groups excluding carboxylic acids is 2. The Morgan fingerprint density at radius 1 is 1.00 bits per heavy atom. The van der Waals surface area contributed by atoms with E-state index in [-0.39, 0.29) is 24.4 Å². The summed E-state index contributed by atoms with van der Waals surface area (Å²) >= 11 is 0. The topological polar surface area (TPSA) is 98.6 Å². The van der Waals surface area contributed by atoms with Crippen molar-refractivity contribution < 1.29 is 19.1 Å². The predicted molar refractivity (Wildman–Crippen MR) is 149 cm³/mol. The highest BCUT2D eigenvalue weighted by Crippen LogP contribution is 2.36. The number of para-hydroxylation sites is 1. The van der Waals surface area contributed by atoms with Crippen LogP contribution in [0.4, 0.5) is 5.69 Å². The fourth-order valence-corrected chi connectivity index (χ4v) is 5.29. The molecule has 1 saturated carbocycles. The minimum absolute atomic E-state index is 0.0885. The first-order chi connectivity index (χ1) is 19.0. The number of hydrogen-bond donors (Lipinski definition) is 1. The van der Waals surface area contributed by atoms with Crippen LogP contribution in [0.25, 0.3) is 11.0 Å². The molecule has 0 saturated heterocycles. The van der Waals surface area contributed by atoms with Gasteiger partial charge in [-0.15, -0.1) is 5.10 Å². The van der Waals surface area contributed by atoms with Crippen LogP contribution in [0, 0.1) is 6.92 Å². The molecule has 9 heteroatoms. The molecule has 1 aromatic heterocycles. The maximum absolute atomic E-state index is 14.3. The van der Waals surface area contributed by atoms with Crippen molar-refractivity contribution in [2.24, 2.45) is 0 Å². The zero-order valence-electron chi connectivity index (χ0n) is 22.5. The van der Waals surface area contributed by atoms with Gasteiger partial charge in [0.2, 0.25) is 11.8 Å². The van der Waals surface area contributed by atoms with Gasteiger partial charge in [0.15, 0.2) is 11.5 Å². The Hall–Kier alpha value is -4.40. The Balaban J connectivity index is 1.62. The van der Waals surface area contributed by atoms with Gasteiger partial charge in [-0.2, -0.15) is 0 Å². The summed E-state index contributed by atoms with van der Waals surface area (Å²) in [5.74, 6) is 0.452. The van der Waals surface area contributed by atoms with Crippen LogP contribution in [0.3, 0.4) is 0 Å². The number of carbonyl (C=O) groups is 2. The number of aryl methyl sites for hydroxylation is 1. The highest BCUT2D eigenvalue weighted by atomic mass is 16.5. The van der Waals surface area contributed by atoms with E-state index in [4.69, 9.17) is 9.47 Å². The minimum Gasteiger partial charge on any atom is -0.493 e. The van der Waals surface area contributed by atoms with E-state index in [0.717, 1.165) is 42.3 Å². The highest BCUT2D eigenvalue weighted by molar-refractivity contribution is 6.02. The second kappa shape index (κ2) is 11.6. The maximum atomic E-state index is 14.3. The van der Waals surface area contributed by atoms with Gasteiger partial charge in [-0.3, -0.25) is 14.5 Å². The second-order valence-corrected chi connectivity index (χ2v) is 9.79. The van der Waals surface area contributed by atoms with Crippen LogP contribution in [-0.4, -0.2) is 47.1 Å². The van der Waals surface area contributed by atoms with Crippen LogP contribution in [0.5, 0.6) is 11.5 Å². The normalized spacial score (nSPS) is 14.2. The smallest absolute Gasteiger partial charge is 0.249 e. The third-order valence-corrected chi connectivity index (χ3v) is 7.31. The molecule has 1 heterocycles. The Labute approximate surface area is 227 Å². The summed E-state index contributed by atoms with van der Waals surface area (Å²) in [4.78, 5) is 29.9. The van der Waals surface area contributed by atoms with E-state index in [1.54, 1.807) is 42.0 Å². The van der Waals surface area contributed by atoms with Crippen molar-refractivity contribution in [2.45, 2.75) is 51.2 Å². The van der Waals surface area contributed by atoms with Crippen LogP contribution in [0.1, 0.15) is 42.9 Å². The molecule has 4 aromatic rings. The average Bonchev–Trinajstić information content (AvgIpc) is 3.62. The number of anilines is 1. The molecule has 2 amide bonds. The molecule has 0 radical (unpaired) electrons. The van der Waals surface area contributed by atoms with Crippen LogP contribution >= 0.6 is 0 Å². The third-order valence-electron chi connectivity index (χ3n) is 7.31. The molecule has 5 rings (SSSR count). The first-order valence-corrected chi connectivity index (χ1v) is 13.2. The van der Waals surface area contributed by atoms with Gasteiger partial charge in [-0.05, 0) is 55.2 Å². The van der Waals surface area contributed by atoms with E-state index in [1.807, 2.05) is 55.5 Å². The van der Waals surface area contributed by atoms with Crippen LogP contribution in [0.2, 0.25) is 0 Å². The van der Waals surface area contributed by atoms with Crippen LogP contribution in [0.15, 0.2) is 66.7 Å². The molecule has 202 valence electrons. The van der Waals surface area contributed by atoms with Gasteiger partial charge in [0, 0.05) is 17.8 Å². The molecule has 39 heavy (non-hydrogen) atoms. The molecule has 1 N–H and O–H groups in total. The number of methoxy groups -OCH3 is 2. The summed E-state index contributed by atoms with van der Waals surface area (Å²) in [6.45, 7) is 1.85. The lowest BCUT2D eigenvalue weighted by atomic mass is 9.97. The Morgan fingerprint density at radius 3 is 2.46 bits per heavy atom. The second-order valence-electron chi connectivity index (χ2n) is 9.79. The van der Waals surface area contributed by atoms with Crippen LogP contribution in [-0.2, 0) is 16.1 Å². The standard InChI is InChI=1S/C30H33N5O4/c1-20-10-4-7-13-23(20)29(30(37)31-21-11-5-6-12-21)35(22-16-17-26(38-2)27(18-22)39-3)28(36)19-34-25-15-9-8-14-24(25)32-33-34/h4,7-10,13-18,21,29H,5-6,11-12,19H2,1-3H3,(H,31,37). The zero-order valence-corrected chi connectivity index (χ0v) is 22.5. The first kappa shape index (κ1) is 26.2. The van der Waals surface area contributed by atoms with Gasteiger partial charge in [0.1, 0.15) is 18.1 Å². The minimum atomic E-state index is -0.910. The molecule has 3 aromatic carbocycles. The SMILES string of the molecule is COc1ccc(N(C(=O)Cn2nnc3ccccc32)C(C(=O)NC2CCCC2)c2ccccc2C)cc1OC. The van der Waals surface area contributed by atoms with Crippen molar-refractivity contribution in [3.8, 4) is 11.5 Å². The molecule has 1 unspecified atom stereocenters. The van der Waals surface area contributed by atoms with E-state index in [1.165, 1.54) is 0 Å². The molecular formula is C30H33N5O4. The van der Waals surface area contributed by atoms with E-state index in [0.29, 0.717) is 22.7 Å². The molecule has 1 aliphatic rings. The van der Waals surface area contributed by atoms with Gasteiger partial charge < -0.3 is 14.8 Å². The number of nitrogens with zero attached hydrogens (tertiary/aromatic N) is 4. The summed E-state index contributed by atoms with van der Waals surface area (Å²) in [7, 11) is 3.10. The van der Waals surface area contributed by atoms with Crippen molar-refractivity contribution in [1.29, 1.82) is 0 Å². The van der Waals surface area contributed by atoms with Crippen molar-refractivity contribution in [2.75, 3.05) is 19.1 Å². The number of nitrogens with one attached hydrogen (secondary N) is 1. The summed E-state index contributed by atoms with van der Waals surface area (Å²) in [6.07, 6.45) is 4.03. The average molecular weight is 528 g/mol. The Kier molecular flexibility index (Phi) is 7.76. The molecule has 9 nitrogen and oxygen atoms in total. The zero-order chi connectivity index (χ0) is 27.4. The molecule has 0 spiro atoms. The third kappa shape index (κ3) is 5.43. The quantitative estimate of drug-likeness (QED) is 0.342. The van der Waals surface area contributed by atoms with Crippen molar-refractivity contribution in [3.05, 3.63) is 77.9 Å². The molecular weight excluding hydrogens is 494 g/mol. The number of amides is 2. The van der Waals surface area contributed by atoms with Crippen LogP contribution < -0.4 is 19.7 Å². The fraction of sp³-hybridized carbons (Fsp3) is 0.333. The van der Waals surface area contributed by atoms with Gasteiger partial charge in [-0.1, -0.05) is 54.5 Å². The molecule has 1 fully saturated rings. The lowest BCUT2D eigenvalue weighted by Crippen LogP contribution is -2.47. The van der Waals surface area contributed by atoms with Gasteiger partial charge in [0.05, 0.1) is 19.7 Å². The number of benzene rings is 3. The highest BCUT2D eigenvalue weighted by Gasteiger charge is 2.36. The number of rotatable bonds is 9. The van der Waals surface area contributed by atoms with Gasteiger partial charge in [-0.25, -0.2) is 4.68 Å². The van der Waals surface area contributed by atoms with Crippen molar-refractivity contribution in [3.63, 3.8) is 0 Å². The monoisotopic (exact) mass is 527 g/mol. The van der Waals surface area contributed by atoms with Gasteiger partial charge >= 0.3 is 0 Å². The Bertz CT molecular complexity index is 1480. The molecule has 1 atom stereocenters. The van der Waals surface area contributed by atoms with Gasteiger partial charge in [0.25, 0.3) is 0 Å². The van der Waals surface area contributed by atoms with E-state index >= 15 is 0 Å². The number of hydrogen-bond acceptors (Lipinski definition) is 6. The largest absolute Gasteiger partial charge is 0.493 e. The number of fused-ring (bicyclic) bond motifs is 1. The molecule has 0 bridgehead atoms. The maximum Gasteiger partial charge on any atom is 0.249 e. The summed E-state index contributed by atoms with van der Waals surface area (Å²) in [6, 6.07) is 19.6. The lowest BCUT2D eigenvalue weighted by Gasteiger charge is -2.33.